The zero-order chi connectivity index (χ0) is 28.1. The molecule has 1 saturated carbocycles. The summed E-state index contributed by atoms with van der Waals surface area (Å²) in [7, 11) is 0. The van der Waals surface area contributed by atoms with E-state index in [9.17, 15) is 14.3 Å². The molecule has 0 amide bonds. The summed E-state index contributed by atoms with van der Waals surface area (Å²) in [4.78, 5) is 22.5. The maximum atomic E-state index is 14.4. The van der Waals surface area contributed by atoms with Crippen LogP contribution in [0.5, 0.6) is 0 Å². The Bertz CT molecular complexity index is 1390. The van der Waals surface area contributed by atoms with Gasteiger partial charge in [0.15, 0.2) is 0 Å². The van der Waals surface area contributed by atoms with Crippen molar-refractivity contribution in [3.05, 3.63) is 65.7 Å². The fourth-order valence-corrected chi connectivity index (χ4v) is 9.19. The molecule has 6 atom stereocenters. The van der Waals surface area contributed by atoms with Crippen LogP contribution in [0.15, 0.2) is 48.5 Å². The van der Waals surface area contributed by atoms with Crippen molar-refractivity contribution in [2.24, 2.45) is 11.8 Å². The van der Waals surface area contributed by atoms with Crippen molar-refractivity contribution >= 4 is 17.0 Å². The molecule has 3 aromatic rings. The van der Waals surface area contributed by atoms with Crippen LogP contribution >= 0.6 is 0 Å². The SMILES string of the molecule is Cc1nc2ccccc2n1C1C[C@H]2CC[C@@H](C1)N2C[C@H]1CN([C@@H](C(=O)O)C2CCCCC2)C[C@@H]1c1cccc(F)c1. The van der Waals surface area contributed by atoms with Crippen molar-refractivity contribution in [3.63, 3.8) is 0 Å². The molecule has 1 N–H and O–H groups in total. The fraction of sp³-hybridized carbons (Fsp3) is 0.588. The summed E-state index contributed by atoms with van der Waals surface area (Å²) in [6.45, 7) is 4.57. The largest absolute Gasteiger partial charge is 0.480 e. The quantitative estimate of drug-likeness (QED) is 0.364. The molecule has 2 bridgehead atoms. The van der Waals surface area contributed by atoms with Crippen molar-refractivity contribution in [3.8, 4) is 0 Å². The average molecular weight is 559 g/mol. The number of fused-ring (bicyclic) bond motifs is 3. The number of aromatic nitrogens is 2. The summed E-state index contributed by atoms with van der Waals surface area (Å²) < 4.78 is 16.9. The first-order valence-electron chi connectivity index (χ1n) is 15.9. The zero-order valence-corrected chi connectivity index (χ0v) is 24.2. The summed E-state index contributed by atoms with van der Waals surface area (Å²) in [5.74, 6) is 0.869. The zero-order valence-electron chi connectivity index (χ0n) is 24.2. The third-order valence-electron chi connectivity index (χ3n) is 10.9. The number of nitrogens with zero attached hydrogens (tertiary/aromatic N) is 4. The van der Waals surface area contributed by atoms with Crippen LogP contribution in [0.2, 0.25) is 0 Å². The van der Waals surface area contributed by atoms with Gasteiger partial charge < -0.3 is 9.67 Å². The normalized spacial score (nSPS) is 30.2. The van der Waals surface area contributed by atoms with E-state index in [2.05, 4.69) is 51.6 Å². The number of rotatable bonds is 7. The van der Waals surface area contributed by atoms with Crippen molar-refractivity contribution in [2.75, 3.05) is 19.6 Å². The van der Waals surface area contributed by atoms with Crippen molar-refractivity contribution in [1.29, 1.82) is 0 Å². The number of carboxylic acid groups (broad SMARTS) is 1. The molecule has 3 saturated heterocycles. The number of carboxylic acids is 1. The van der Waals surface area contributed by atoms with Crippen LogP contribution in [0.4, 0.5) is 4.39 Å². The third kappa shape index (κ3) is 5.10. The van der Waals surface area contributed by atoms with Gasteiger partial charge in [-0.1, -0.05) is 43.5 Å². The number of carbonyl (C=O) groups is 1. The van der Waals surface area contributed by atoms with E-state index in [1.807, 2.05) is 6.07 Å². The second-order valence-electron chi connectivity index (χ2n) is 13.3. The highest BCUT2D eigenvalue weighted by Gasteiger charge is 2.47. The van der Waals surface area contributed by atoms with Gasteiger partial charge in [-0.25, -0.2) is 9.37 Å². The monoisotopic (exact) mass is 558 g/mol. The van der Waals surface area contributed by atoms with E-state index in [1.54, 1.807) is 6.07 Å². The first kappa shape index (κ1) is 27.1. The van der Waals surface area contributed by atoms with Gasteiger partial charge in [0, 0.05) is 43.7 Å². The lowest BCUT2D eigenvalue weighted by Gasteiger charge is -2.42. The molecule has 4 fully saturated rings. The van der Waals surface area contributed by atoms with Crippen LogP contribution in [-0.4, -0.2) is 68.2 Å². The van der Waals surface area contributed by atoms with E-state index in [1.165, 1.54) is 30.8 Å². The first-order chi connectivity index (χ1) is 20.0. The standard InChI is InChI=1S/C34H43FN4O2/c1-22-36-31-12-5-6-13-32(31)39(22)29-17-27-14-15-28(18-29)38(27)20-25-19-37(21-30(25)24-10-7-11-26(35)16-24)33(34(40)41)23-8-3-2-4-9-23/h5-7,10-13,16,23,25,27-30,33H,2-4,8-9,14-15,17-21H2,1H3,(H,40,41)/t25-,27-,28+,29?,30-,33-/m1/s1. The Morgan fingerprint density at radius 3 is 2.46 bits per heavy atom. The van der Waals surface area contributed by atoms with E-state index in [-0.39, 0.29) is 23.6 Å². The molecule has 0 spiro atoms. The van der Waals surface area contributed by atoms with Crippen LogP contribution < -0.4 is 0 Å². The second kappa shape index (κ2) is 11.1. The number of imidazole rings is 1. The Morgan fingerprint density at radius 2 is 1.73 bits per heavy atom. The van der Waals surface area contributed by atoms with Gasteiger partial charge in [-0.15, -0.1) is 0 Å². The molecule has 1 aliphatic carbocycles. The summed E-state index contributed by atoms with van der Waals surface area (Å²) in [5, 5.41) is 10.4. The molecule has 41 heavy (non-hydrogen) atoms. The van der Waals surface area contributed by atoms with Crippen molar-refractivity contribution < 1.29 is 14.3 Å². The van der Waals surface area contributed by atoms with Gasteiger partial charge in [-0.05, 0) is 87.1 Å². The van der Waals surface area contributed by atoms with Crippen LogP contribution in [0.3, 0.4) is 0 Å². The number of hydrogen-bond donors (Lipinski definition) is 1. The van der Waals surface area contributed by atoms with Crippen LogP contribution in [-0.2, 0) is 4.79 Å². The molecule has 1 aromatic heterocycles. The minimum Gasteiger partial charge on any atom is -0.480 e. The van der Waals surface area contributed by atoms with Gasteiger partial charge in [0.1, 0.15) is 17.7 Å². The Labute approximate surface area is 242 Å². The molecule has 6 nitrogen and oxygen atoms in total. The van der Waals surface area contributed by atoms with Gasteiger partial charge in [0.25, 0.3) is 0 Å². The molecule has 7 rings (SSSR count). The second-order valence-corrected chi connectivity index (χ2v) is 13.3. The Balaban J connectivity index is 1.13. The topological polar surface area (TPSA) is 61.6 Å². The highest BCUT2D eigenvalue weighted by atomic mass is 19.1. The molecular formula is C34H43FN4O2. The lowest BCUT2D eigenvalue weighted by molar-refractivity contribution is -0.145. The fourth-order valence-electron chi connectivity index (χ4n) is 9.19. The molecule has 218 valence electrons. The molecule has 2 aromatic carbocycles. The van der Waals surface area contributed by atoms with E-state index in [0.717, 1.165) is 68.5 Å². The highest BCUT2D eigenvalue weighted by Crippen LogP contribution is 2.45. The van der Waals surface area contributed by atoms with Crippen molar-refractivity contribution in [1.82, 2.24) is 19.4 Å². The Hall–Kier alpha value is -2.77. The predicted octanol–water partition coefficient (Wildman–Crippen LogP) is 6.40. The van der Waals surface area contributed by atoms with Gasteiger partial charge in [-0.2, -0.15) is 0 Å². The van der Waals surface area contributed by atoms with Crippen molar-refractivity contribution in [2.45, 2.75) is 94.8 Å². The summed E-state index contributed by atoms with van der Waals surface area (Å²) >= 11 is 0. The molecular weight excluding hydrogens is 515 g/mol. The number of piperidine rings is 1. The third-order valence-corrected chi connectivity index (χ3v) is 10.9. The van der Waals surface area contributed by atoms with Gasteiger partial charge in [0.05, 0.1) is 11.0 Å². The molecule has 0 radical (unpaired) electrons. The maximum Gasteiger partial charge on any atom is 0.321 e. The van der Waals surface area contributed by atoms with Gasteiger partial charge in [0.2, 0.25) is 0 Å². The number of halogens is 1. The Morgan fingerprint density at radius 1 is 0.976 bits per heavy atom. The number of hydrogen-bond acceptors (Lipinski definition) is 4. The number of likely N-dealkylation sites (tertiary alicyclic amines) is 1. The average Bonchev–Trinajstić information content (AvgIpc) is 3.59. The minimum atomic E-state index is -0.681. The predicted molar refractivity (Wildman–Crippen MR) is 158 cm³/mol. The first-order valence-corrected chi connectivity index (χ1v) is 15.9. The van der Waals surface area contributed by atoms with Crippen LogP contribution in [0.1, 0.15) is 81.1 Å². The van der Waals surface area contributed by atoms with Crippen LogP contribution in [0.25, 0.3) is 11.0 Å². The summed E-state index contributed by atoms with van der Waals surface area (Å²) in [6, 6.07) is 16.6. The number of para-hydroxylation sites is 2. The number of benzene rings is 2. The molecule has 3 aliphatic heterocycles. The van der Waals surface area contributed by atoms with E-state index < -0.39 is 12.0 Å². The smallest absolute Gasteiger partial charge is 0.321 e. The highest BCUT2D eigenvalue weighted by molar-refractivity contribution is 5.76. The van der Waals surface area contributed by atoms with E-state index >= 15 is 0 Å². The summed E-state index contributed by atoms with van der Waals surface area (Å²) in [6.07, 6.45) is 10.2. The van der Waals surface area contributed by atoms with Gasteiger partial charge >= 0.3 is 5.97 Å². The minimum absolute atomic E-state index is 0.146. The van der Waals surface area contributed by atoms with Gasteiger partial charge in [-0.3, -0.25) is 14.6 Å². The maximum absolute atomic E-state index is 14.4. The van der Waals surface area contributed by atoms with Crippen LogP contribution in [0, 0.1) is 24.6 Å². The van der Waals surface area contributed by atoms with E-state index in [0.29, 0.717) is 24.7 Å². The summed E-state index contributed by atoms with van der Waals surface area (Å²) in [5.41, 5.74) is 3.34. The lowest BCUT2D eigenvalue weighted by Crippen LogP contribution is -2.48. The number of aryl methyl sites for hydroxylation is 1. The molecule has 4 heterocycles. The molecule has 1 unspecified atom stereocenters. The molecule has 4 aliphatic rings. The molecule has 7 heteroatoms. The van der Waals surface area contributed by atoms with E-state index in [4.69, 9.17) is 4.98 Å². The Kier molecular flexibility index (Phi) is 7.36. The lowest BCUT2D eigenvalue weighted by atomic mass is 9.83. The number of aliphatic carboxylic acids is 1.